The minimum absolute atomic E-state index is 0.0969. The molecule has 1 amide bonds. The quantitative estimate of drug-likeness (QED) is 0.809. The van der Waals surface area contributed by atoms with E-state index in [1.807, 2.05) is 4.90 Å². The summed E-state index contributed by atoms with van der Waals surface area (Å²) in [6, 6.07) is 1.52. The molecule has 2 saturated heterocycles. The lowest BCUT2D eigenvalue weighted by Gasteiger charge is -2.37. The van der Waals surface area contributed by atoms with Gasteiger partial charge in [-0.25, -0.2) is 4.39 Å². The molecule has 1 aromatic heterocycles. The molecule has 96 valence electrons. The maximum atomic E-state index is 13.1. The number of likely N-dealkylation sites (tertiary alicyclic amines) is 1. The summed E-state index contributed by atoms with van der Waals surface area (Å²) in [4.78, 5) is 18.0. The van der Waals surface area contributed by atoms with Crippen molar-refractivity contribution in [2.45, 2.75) is 18.9 Å². The second kappa shape index (κ2) is 4.65. The molecule has 1 aromatic rings. The van der Waals surface area contributed by atoms with Gasteiger partial charge in [-0.3, -0.25) is 9.78 Å². The minimum atomic E-state index is -0.459. The van der Waals surface area contributed by atoms with Crippen molar-refractivity contribution in [3.8, 4) is 0 Å². The highest BCUT2D eigenvalue weighted by atomic mass is 19.1. The Balaban J connectivity index is 1.83. The van der Waals surface area contributed by atoms with E-state index in [2.05, 4.69) is 10.3 Å². The van der Waals surface area contributed by atoms with E-state index in [1.165, 1.54) is 18.7 Å². The van der Waals surface area contributed by atoms with Crippen LogP contribution in [0.2, 0.25) is 0 Å². The third-order valence-corrected chi connectivity index (χ3v) is 3.89. The molecule has 4 nitrogen and oxygen atoms in total. The molecule has 2 unspecified atom stereocenters. The number of aromatic nitrogens is 1. The standard InChI is InChI=1S/C13H16FN3O/c14-11-4-10(6-15-7-11)13(18)17-3-1-2-9-5-16-8-12(9)17/h4,6-7,9,12,16H,1-3,5,8H2. The van der Waals surface area contributed by atoms with Gasteiger partial charge in [0, 0.05) is 31.9 Å². The van der Waals surface area contributed by atoms with E-state index >= 15 is 0 Å². The first-order valence-electron chi connectivity index (χ1n) is 6.38. The van der Waals surface area contributed by atoms with Gasteiger partial charge in [0.25, 0.3) is 5.91 Å². The number of amides is 1. The first-order valence-corrected chi connectivity index (χ1v) is 6.38. The Hall–Kier alpha value is -1.49. The van der Waals surface area contributed by atoms with Gasteiger partial charge < -0.3 is 10.2 Å². The molecule has 1 N–H and O–H groups in total. The average molecular weight is 249 g/mol. The predicted octanol–water partition coefficient (Wildman–Crippen LogP) is 1.04. The van der Waals surface area contributed by atoms with Gasteiger partial charge in [-0.05, 0) is 24.8 Å². The molecule has 0 bridgehead atoms. The summed E-state index contributed by atoms with van der Waals surface area (Å²) in [5.41, 5.74) is 0.350. The molecule has 0 radical (unpaired) electrons. The number of hydrogen-bond acceptors (Lipinski definition) is 3. The van der Waals surface area contributed by atoms with Crippen molar-refractivity contribution in [3.63, 3.8) is 0 Å². The van der Waals surface area contributed by atoms with Gasteiger partial charge in [0.2, 0.25) is 0 Å². The Morgan fingerprint density at radius 3 is 3.17 bits per heavy atom. The molecule has 2 fully saturated rings. The van der Waals surface area contributed by atoms with Gasteiger partial charge >= 0.3 is 0 Å². The summed E-state index contributed by atoms with van der Waals surface area (Å²) < 4.78 is 13.1. The van der Waals surface area contributed by atoms with Gasteiger partial charge in [0.15, 0.2) is 0 Å². The van der Waals surface area contributed by atoms with E-state index in [0.717, 1.165) is 32.3 Å². The van der Waals surface area contributed by atoms with Crippen LogP contribution in [0.1, 0.15) is 23.2 Å². The highest BCUT2D eigenvalue weighted by Crippen LogP contribution is 2.27. The maximum absolute atomic E-state index is 13.1. The van der Waals surface area contributed by atoms with Crippen molar-refractivity contribution in [1.82, 2.24) is 15.2 Å². The number of halogens is 1. The summed E-state index contributed by atoms with van der Waals surface area (Å²) >= 11 is 0. The van der Waals surface area contributed by atoms with Crippen molar-refractivity contribution in [2.24, 2.45) is 5.92 Å². The van der Waals surface area contributed by atoms with Crippen molar-refractivity contribution < 1.29 is 9.18 Å². The normalized spacial score (nSPS) is 27.1. The Kier molecular flexibility index (Phi) is 2.99. The second-order valence-corrected chi connectivity index (χ2v) is 5.02. The fourth-order valence-electron chi connectivity index (χ4n) is 3.01. The lowest BCUT2D eigenvalue weighted by Crippen LogP contribution is -2.48. The maximum Gasteiger partial charge on any atom is 0.255 e. The lowest BCUT2D eigenvalue weighted by molar-refractivity contribution is 0.0574. The Bertz CT molecular complexity index is 465. The molecule has 0 spiro atoms. The Morgan fingerprint density at radius 2 is 2.33 bits per heavy atom. The fourth-order valence-corrected chi connectivity index (χ4v) is 3.01. The summed E-state index contributed by atoms with van der Waals surface area (Å²) in [7, 11) is 0. The summed E-state index contributed by atoms with van der Waals surface area (Å²) in [5.74, 6) is -0.0106. The summed E-state index contributed by atoms with van der Waals surface area (Å²) in [6.45, 7) is 2.59. The molecule has 2 aliphatic heterocycles. The van der Waals surface area contributed by atoms with Crippen molar-refractivity contribution in [2.75, 3.05) is 19.6 Å². The highest BCUT2D eigenvalue weighted by Gasteiger charge is 2.37. The van der Waals surface area contributed by atoms with E-state index in [1.54, 1.807) is 0 Å². The van der Waals surface area contributed by atoms with Gasteiger partial charge in [-0.1, -0.05) is 0 Å². The molecule has 2 aliphatic rings. The van der Waals surface area contributed by atoms with Gasteiger partial charge in [-0.15, -0.1) is 0 Å². The van der Waals surface area contributed by atoms with Crippen LogP contribution in [0.15, 0.2) is 18.5 Å². The summed E-state index contributed by atoms with van der Waals surface area (Å²) in [6.07, 6.45) is 4.75. The smallest absolute Gasteiger partial charge is 0.255 e. The lowest BCUT2D eigenvalue weighted by atomic mass is 9.91. The molecule has 0 saturated carbocycles. The number of pyridine rings is 1. The van der Waals surface area contributed by atoms with Crippen LogP contribution >= 0.6 is 0 Å². The average Bonchev–Trinajstić information content (AvgIpc) is 2.86. The number of carbonyl (C=O) groups excluding carboxylic acids is 1. The second-order valence-electron chi connectivity index (χ2n) is 5.02. The first kappa shape index (κ1) is 11.6. The zero-order valence-corrected chi connectivity index (χ0v) is 10.1. The molecule has 0 aliphatic carbocycles. The highest BCUT2D eigenvalue weighted by molar-refractivity contribution is 5.94. The first-order chi connectivity index (χ1) is 8.75. The minimum Gasteiger partial charge on any atom is -0.334 e. The molecule has 3 rings (SSSR count). The number of hydrogen-bond donors (Lipinski definition) is 1. The topological polar surface area (TPSA) is 45.2 Å². The monoisotopic (exact) mass is 249 g/mol. The van der Waals surface area contributed by atoms with E-state index in [4.69, 9.17) is 0 Å². The van der Waals surface area contributed by atoms with Crippen LogP contribution in [0.3, 0.4) is 0 Å². The van der Waals surface area contributed by atoms with Crippen LogP contribution < -0.4 is 5.32 Å². The number of nitrogens with one attached hydrogen (secondary N) is 1. The third-order valence-electron chi connectivity index (χ3n) is 3.89. The van der Waals surface area contributed by atoms with E-state index in [9.17, 15) is 9.18 Å². The summed E-state index contributed by atoms with van der Waals surface area (Å²) in [5, 5.41) is 3.33. The predicted molar refractivity (Wildman–Crippen MR) is 64.6 cm³/mol. The number of nitrogens with zero attached hydrogens (tertiary/aromatic N) is 2. The third kappa shape index (κ3) is 1.99. The van der Waals surface area contributed by atoms with Crippen LogP contribution in [-0.4, -0.2) is 41.5 Å². The van der Waals surface area contributed by atoms with Crippen LogP contribution in [0.25, 0.3) is 0 Å². The van der Waals surface area contributed by atoms with Crippen molar-refractivity contribution in [1.29, 1.82) is 0 Å². The van der Waals surface area contributed by atoms with Gasteiger partial charge in [-0.2, -0.15) is 0 Å². The molecule has 2 atom stereocenters. The molecular formula is C13H16FN3O. The number of piperidine rings is 1. The molecule has 3 heterocycles. The number of fused-ring (bicyclic) bond motifs is 1. The van der Waals surface area contributed by atoms with E-state index in [-0.39, 0.29) is 11.9 Å². The fraction of sp³-hybridized carbons (Fsp3) is 0.538. The van der Waals surface area contributed by atoms with Crippen molar-refractivity contribution >= 4 is 5.91 Å². The van der Waals surface area contributed by atoms with Gasteiger partial charge in [0.1, 0.15) is 5.82 Å². The van der Waals surface area contributed by atoms with Crippen LogP contribution in [0.4, 0.5) is 4.39 Å². The van der Waals surface area contributed by atoms with Crippen molar-refractivity contribution in [3.05, 3.63) is 29.8 Å². The van der Waals surface area contributed by atoms with E-state index in [0.29, 0.717) is 11.5 Å². The largest absolute Gasteiger partial charge is 0.334 e. The van der Waals surface area contributed by atoms with Crippen LogP contribution in [0.5, 0.6) is 0 Å². The molecular weight excluding hydrogens is 233 g/mol. The zero-order valence-electron chi connectivity index (χ0n) is 10.1. The van der Waals surface area contributed by atoms with Crippen LogP contribution in [0, 0.1) is 11.7 Å². The number of carbonyl (C=O) groups is 1. The zero-order chi connectivity index (χ0) is 12.5. The van der Waals surface area contributed by atoms with E-state index < -0.39 is 5.82 Å². The van der Waals surface area contributed by atoms with Crippen LogP contribution in [-0.2, 0) is 0 Å². The molecule has 5 heteroatoms. The number of rotatable bonds is 1. The molecule has 18 heavy (non-hydrogen) atoms. The Morgan fingerprint density at radius 1 is 1.44 bits per heavy atom. The van der Waals surface area contributed by atoms with Gasteiger partial charge in [0.05, 0.1) is 11.8 Å². The molecule has 0 aromatic carbocycles. The SMILES string of the molecule is O=C(c1cncc(F)c1)N1CCCC2CNCC21. The Labute approximate surface area is 105 Å².